The van der Waals surface area contributed by atoms with Crippen molar-refractivity contribution < 1.29 is 9.53 Å². The van der Waals surface area contributed by atoms with Crippen LogP contribution in [-0.4, -0.2) is 21.7 Å². The van der Waals surface area contributed by atoms with Gasteiger partial charge in [0.1, 0.15) is 17.7 Å². The van der Waals surface area contributed by atoms with Crippen molar-refractivity contribution in [2.24, 2.45) is 0 Å². The highest BCUT2D eigenvalue weighted by Gasteiger charge is 2.17. The largest absolute Gasteiger partial charge is 0.444 e. The summed E-state index contributed by atoms with van der Waals surface area (Å²) in [6.07, 6.45) is 0.871. The van der Waals surface area contributed by atoms with Crippen molar-refractivity contribution in [1.29, 1.82) is 0 Å². The summed E-state index contributed by atoms with van der Waals surface area (Å²) >= 11 is 3.38. The molecule has 0 spiro atoms. The van der Waals surface area contributed by atoms with Gasteiger partial charge in [0, 0.05) is 9.86 Å². The minimum absolute atomic E-state index is 0.431. The second-order valence-corrected chi connectivity index (χ2v) is 5.93. The molecule has 0 aliphatic carbocycles. The molecule has 5 nitrogen and oxygen atoms in total. The lowest BCUT2D eigenvalue weighted by Gasteiger charge is -2.19. The van der Waals surface area contributed by atoms with Gasteiger partial charge < -0.3 is 4.74 Å². The van der Waals surface area contributed by atoms with Gasteiger partial charge in [-0.1, -0.05) is 15.9 Å². The predicted molar refractivity (Wildman–Crippen MR) is 77.1 cm³/mol. The van der Waals surface area contributed by atoms with Gasteiger partial charge in [0.05, 0.1) is 5.52 Å². The number of carbonyl (C=O) groups excluding carboxylic acids is 1. The van der Waals surface area contributed by atoms with Crippen molar-refractivity contribution in [3.05, 3.63) is 29.0 Å². The van der Waals surface area contributed by atoms with Crippen molar-refractivity contribution >= 4 is 38.7 Å². The average Bonchev–Trinajstić information content (AvgIpc) is 2.27. The van der Waals surface area contributed by atoms with Crippen molar-refractivity contribution in [3.63, 3.8) is 0 Å². The molecular weight excluding hydrogens is 310 g/mol. The quantitative estimate of drug-likeness (QED) is 0.868. The lowest BCUT2D eigenvalue weighted by atomic mass is 10.2. The van der Waals surface area contributed by atoms with Crippen LogP contribution >= 0.6 is 15.9 Å². The Morgan fingerprint density at radius 1 is 1.32 bits per heavy atom. The molecule has 1 N–H and O–H groups in total. The highest BCUT2D eigenvalue weighted by atomic mass is 79.9. The summed E-state index contributed by atoms with van der Waals surface area (Å²) in [5, 5.41) is 3.39. The maximum Gasteiger partial charge on any atom is 0.413 e. The van der Waals surface area contributed by atoms with Crippen molar-refractivity contribution in [2.45, 2.75) is 26.4 Å². The summed E-state index contributed by atoms with van der Waals surface area (Å²) in [6, 6.07) is 5.58. The monoisotopic (exact) mass is 323 g/mol. The van der Waals surface area contributed by atoms with Gasteiger partial charge in [-0.05, 0) is 39.0 Å². The maximum atomic E-state index is 11.8. The van der Waals surface area contributed by atoms with E-state index in [1.807, 2.05) is 18.2 Å². The van der Waals surface area contributed by atoms with Crippen LogP contribution in [0.2, 0.25) is 0 Å². The van der Waals surface area contributed by atoms with E-state index in [0.717, 1.165) is 15.4 Å². The number of hydrogen-bond donors (Lipinski definition) is 1. The molecule has 19 heavy (non-hydrogen) atoms. The molecule has 1 aromatic carbocycles. The molecule has 1 heterocycles. The van der Waals surface area contributed by atoms with E-state index in [0.29, 0.717) is 5.82 Å². The highest BCUT2D eigenvalue weighted by Crippen LogP contribution is 2.23. The molecule has 1 aromatic heterocycles. The van der Waals surface area contributed by atoms with Gasteiger partial charge in [0.25, 0.3) is 0 Å². The third-order valence-electron chi connectivity index (χ3n) is 2.22. The zero-order chi connectivity index (χ0) is 14.0. The Hall–Kier alpha value is -1.69. The average molecular weight is 324 g/mol. The van der Waals surface area contributed by atoms with Gasteiger partial charge in [0.15, 0.2) is 0 Å². The Morgan fingerprint density at radius 2 is 2.05 bits per heavy atom. The SMILES string of the molecule is CC(C)(C)OC(=O)Nc1ncnc2ccc(Br)cc12. The summed E-state index contributed by atoms with van der Waals surface area (Å²) in [5.74, 6) is 0.431. The third kappa shape index (κ3) is 3.64. The number of rotatable bonds is 1. The molecule has 1 amide bonds. The Kier molecular flexibility index (Phi) is 3.71. The summed E-state index contributed by atoms with van der Waals surface area (Å²) in [4.78, 5) is 20.0. The van der Waals surface area contributed by atoms with E-state index in [4.69, 9.17) is 4.74 Å². The Bertz CT molecular complexity index is 623. The number of benzene rings is 1. The van der Waals surface area contributed by atoms with Crippen LogP contribution in [0, 0.1) is 0 Å². The van der Waals surface area contributed by atoms with E-state index in [9.17, 15) is 4.79 Å². The number of fused-ring (bicyclic) bond motifs is 1. The minimum Gasteiger partial charge on any atom is -0.444 e. The van der Waals surface area contributed by atoms with E-state index in [-0.39, 0.29) is 0 Å². The molecular formula is C13H14BrN3O2. The molecule has 0 aliphatic heterocycles. The number of carbonyl (C=O) groups is 1. The van der Waals surface area contributed by atoms with Gasteiger partial charge in [-0.15, -0.1) is 0 Å². The predicted octanol–water partition coefficient (Wildman–Crippen LogP) is 3.74. The number of halogens is 1. The summed E-state index contributed by atoms with van der Waals surface area (Å²) < 4.78 is 6.09. The summed E-state index contributed by atoms with van der Waals surface area (Å²) in [7, 11) is 0. The Labute approximate surface area is 119 Å². The lowest BCUT2D eigenvalue weighted by Crippen LogP contribution is -2.27. The minimum atomic E-state index is -0.548. The fourth-order valence-electron chi connectivity index (χ4n) is 1.53. The molecule has 2 rings (SSSR count). The zero-order valence-corrected chi connectivity index (χ0v) is 12.5. The van der Waals surface area contributed by atoms with Gasteiger partial charge in [0.2, 0.25) is 0 Å². The Morgan fingerprint density at radius 3 is 2.74 bits per heavy atom. The van der Waals surface area contributed by atoms with E-state index in [2.05, 4.69) is 31.2 Å². The number of ether oxygens (including phenoxy) is 1. The van der Waals surface area contributed by atoms with Crippen molar-refractivity contribution in [2.75, 3.05) is 5.32 Å². The van der Waals surface area contributed by atoms with Crippen LogP contribution in [0.1, 0.15) is 20.8 Å². The van der Waals surface area contributed by atoms with E-state index >= 15 is 0 Å². The molecule has 0 atom stereocenters. The van der Waals surface area contributed by atoms with Crippen LogP contribution in [0.25, 0.3) is 10.9 Å². The fraction of sp³-hybridized carbons (Fsp3) is 0.308. The van der Waals surface area contributed by atoms with Gasteiger partial charge in [-0.25, -0.2) is 14.8 Å². The molecule has 0 saturated heterocycles. The van der Waals surface area contributed by atoms with Crippen LogP contribution in [0.5, 0.6) is 0 Å². The van der Waals surface area contributed by atoms with E-state index in [1.165, 1.54) is 6.33 Å². The second kappa shape index (κ2) is 5.13. The molecule has 0 saturated carbocycles. The maximum absolute atomic E-state index is 11.8. The van der Waals surface area contributed by atoms with Gasteiger partial charge in [-0.2, -0.15) is 0 Å². The molecule has 2 aromatic rings. The molecule has 0 aliphatic rings. The van der Waals surface area contributed by atoms with Crippen LogP contribution in [0.3, 0.4) is 0 Å². The first-order valence-electron chi connectivity index (χ1n) is 5.75. The summed E-state index contributed by atoms with van der Waals surface area (Å²) in [5.41, 5.74) is 0.206. The topological polar surface area (TPSA) is 64.1 Å². The standard InChI is InChI=1S/C13H14BrN3O2/c1-13(2,3)19-12(18)17-11-9-6-8(14)4-5-10(9)15-7-16-11/h4-7H,1-3H3,(H,15,16,17,18). The number of nitrogens with zero attached hydrogens (tertiary/aromatic N) is 2. The van der Waals surface area contributed by atoms with Gasteiger partial charge >= 0.3 is 6.09 Å². The molecule has 100 valence electrons. The Balaban J connectivity index is 2.30. The first-order chi connectivity index (χ1) is 8.85. The highest BCUT2D eigenvalue weighted by molar-refractivity contribution is 9.10. The third-order valence-corrected chi connectivity index (χ3v) is 2.71. The number of amides is 1. The van der Waals surface area contributed by atoms with Crippen LogP contribution in [0.4, 0.5) is 10.6 Å². The number of nitrogens with one attached hydrogen (secondary N) is 1. The smallest absolute Gasteiger partial charge is 0.413 e. The lowest BCUT2D eigenvalue weighted by molar-refractivity contribution is 0.0635. The van der Waals surface area contributed by atoms with Crippen LogP contribution in [-0.2, 0) is 4.74 Å². The second-order valence-electron chi connectivity index (χ2n) is 5.01. The molecule has 0 bridgehead atoms. The summed E-state index contributed by atoms with van der Waals surface area (Å²) in [6.45, 7) is 5.42. The fourth-order valence-corrected chi connectivity index (χ4v) is 1.89. The number of anilines is 1. The molecule has 0 fully saturated rings. The molecule has 6 heteroatoms. The van der Waals surface area contributed by atoms with Gasteiger partial charge in [-0.3, -0.25) is 5.32 Å². The van der Waals surface area contributed by atoms with Crippen LogP contribution in [0.15, 0.2) is 29.0 Å². The molecule has 0 radical (unpaired) electrons. The van der Waals surface area contributed by atoms with Crippen molar-refractivity contribution in [3.8, 4) is 0 Å². The van der Waals surface area contributed by atoms with Crippen LogP contribution < -0.4 is 5.32 Å². The number of hydrogen-bond acceptors (Lipinski definition) is 4. The zero-order valence-electron chi connectivity index (χ0n) is 10.9. The first kappa shape index (κ1) is 13.7. The van der Waals surface area contributed by atoms with E-state index < -0.39 is 11.7 Å². The van der Waals surface area contributed by atoms with Crippen molar-refractivity contribution in [1.82, 2.24) is 9.97 Å². The first-order valence-corrected chi connectivity index (χ1v) is 6.55. The van der Waals surface area contributed by atoms with E-state index in [1.54, 1.807) is 20.8 Å². The number of aromatic nitrogens is 2. The molecule has 0 unspecified atom stereocenters. The normalized spacial score (nSPS) is 11.4.